The lowest BCUT2D eigenvalue weighted by Gasteiger charge is -2.16. The van der Waals surface area contributed by atoms with E-state index in [1.807, 2.05) is 18.2 Å². The van der Waals surface area contributed by atoms with Crippen LogP contribution in [0, 0.1) is 5.82 Å². The van der Waals surface area contributed by atoms with Gasteiger partial charge in [-0.15, -0.1) is 0 Å². The molecule has 7 heteroatoms. The summed E-state index contributed by atoms with van der Waals surface area (Å²) in [6, 6.07) is 12.7. The Hall–Kier alpha value is -3.22. The highest BCUT2D eigenvalue weighted by Gasteiger charge is 2.17. The van der Waals surface area contributed by atoms with Gasteiger partial charge < -0.3 is 14.7 Å². The SMILES string of the molecule is CN(CC(=O)Nc1ccc(F)cc1)C(=O)Cc1noc2ccccc12. The average molecular weight is 341 g/mol. The van der Waals surface area contributed by atoms with Gasteiger partial charge in [-0.2, -0.15) is 0 Å². The lowest BCUT2D eigenvalue weighted by Crippen LogP contribution is -2.35. The molecule has 0 spiro atoms. The molecule has 3 rings (SSSR count). The summed E-state index contributed by atoms with van der Waals surface area (Å²) in [5, 5.41) is 7.30. The van der Waals surface area contributed by atoms with Crippen molar-refractivity contribution >= 4 is 28.5 Å². The van der Waals surface area contributed by atoms with Crippen LogP contribution in [0.2, 0.25) is 0 Å². The molecule has 0 aliphatic heterocycles. The lowest BCUT2D eigenvalue weighted by atomic mass is 10.1. The normalized spacial score (nSPS) is 10.6. The first kappa shape index (κ1) is 16.6. The van der Waals surface area contributed by atoms with Crippen molar-refractivity contribution in [3.05, 3.63) is 60.0 Å². The Morgan fingerprint density at radius 2 is 1.88 bits per heavy atom. The van der Waals surface area contributed by atoms with E-state index in [-0.39, 0.29) is 30.6 Å². The Morgan fingerprint density at radius 1 is 1.16 bits per heavy atom. The molecule has 0 fully saturated rings. The van der Waals surface area contributed by atoms with Crippen molar-refractivity contribution in [2.45, 2.75) is 6.42 Å². The molecule has 0 saturated heterocycles. The number of nitrogens with one attached hydrogen (secondary N) is 1. The number of fused-ring (bicyclic) bond motifs is 1. The first-order chi connectivity index (χ1) is 12.0. The van der Waals surface area contributed by atoms with E-state index in [0.29, 0.717) is 17.0 Å². The molecule has 2 aromatic carbocycles. The molecule has 1 aromatic heterocycles. The number of para-hydroxylation sites is 1. The topological polar surface area (TPSA) is 75.4 Å². The van der Waals surface area contributed by atoms with Crippen LogP contribution in [0.1, 0.15) is 5.69 Å². The summed E-state index contributed by atoms with van der Waals surface area (Å²) < 4.78 is 18.0. The number of nitrogens with zero attached hydrogens (tertiary/aromatic N) is 2. The maximum absolute atomic E-state index is 12.9. The number of halogens is 1. The monoisotopic (exact) mass is 341 g/mol. The van der Waals surface area contributed by atoms with Gasteiger partial charge in [-0.25, -0.2) is 4.39 Å². The predicted octanol–water partition coefficient (Wildman–Crippen LogP) is 2.61. The second-order valence-corrected chi connectivity index (χ2v) is 5.61. The number of benzene rings is 2. The van der Waals surface area contributed by atoms with Crippen molar-refractivity contribution in [3.63, 3.8) is 0 Å². The van der Waals surface area contributed by atoms with Crippen molar-refractivity contribution in [1.82, 2.24) is 10.1 Å². The molecule has 25 heavy (non-hydrogen) atoms. The van der Waals surface area contributed by atoms with Crippen molar-refractivity contribution in [3.8, 4) is 0 Å². The molecule has 1 heterocycles. The van der Waals surface area contributed by atoms with E-state index >= 15 is 0 Å². The lowest BCUT2D eigenvalue weighted by molar-refractivity contribution is -0.132. The Bertz CT molecular complexity index is 905. The smallest absolute Gasteiger partial charge is 0.243 e. The molecule has 3 aromatic rings. The van der Waals surface area contributed by atoms with E-state index in [1.165, 1.54) is 36.2 Å². The first-order valence-electron chi connectivity index (χ1n) is 7.65. The zero-order valence-electron chi connectivity index (χ0n) is 13.5. The number of hydrogen-bond acceptors (Lipinski definition) is 4. The number of carbonyl (C=O) groups excluding carboxylic acids is 2. The summed E-state index contributed by atoms with van der Waals surface area (Å²) in [5.41, 5.74) is 1.61. The molecule has 0 bridgehead atoms. The molecular formula is C18H16FN3O3. The standard InChI is InChI=1S/C18H16FN3O3/c1-22(11-17(23)20-13-8-6-12(19)7-9-13)18(24)10-15-14-4-2-3-5-16(14)25-21-15/h2-9H,10-11H2,1H3,(H,20,23). The maximum atomic E-state index is 12.9. The molecular weight excluding hydrogens is 325 g/mol. The summed E-state index contributed by atoms with van der Waals surface area (Å²) in [4.78, 5) is 25.6. The van der Waals surface area contributed by atoms with Gasteiger partial charge in [-0.1, -0.05) is 17.3 Å². The van der Waals surface area contributed by atoms with E-state index in [9.17, 15) is 14.0 Å². The number of amides is 2. The molecule has 128 valence electrons. The third-order valence-electron chi connectivity index (χ3n) is 3.71. The Kier molecular flexibility index (Phi) is 4.74. The minimum atomic E-state index is -0.384. The highest BCUT2D eigenvalue weighted by Crippen LogP contribution is 2.18. The molecule has 0 saturated carbocycles. The largest absolute Gasteiger partial charge is 0.356 e. The maximum Gasteiger partial charge on any atom is 0.243 e. The van der Waals surface area contributed by atoms with Crippen LogP contribution in [0.4, 0.5) is 10.1 Å². The number of anilines is 1. The minimum absolute atomic E-state index is 0.0390. The third-order valence-corrected chi connectivity index (χ3v) is 3.71. The van der Waals surface area contributed by atoms with Crippen LogP contribution in [0.3, 0.4) is 0 Å². The first-order valence-corrected chi connectivity index (χ1v) is 7.65. The molecule has 0 aliphatic rings. The van der Waals surface area contributed by atoms with Crippen LogP contribution in [-0.4, -0.2) is 35.5 Å². The van der Waals surface area contributed by atoms with Crippen molar-refractivity contribution in [2.24, 2.45) is 0 Å². The van der Waals surface area contributed by atoms with Gasteiger partial charge in [0, 0.05) is 18.1 Å². The van der Waals surface area contributed by atoms with E-state index < -0.39 is 0 Å². The summed E-state index contributed by atoms with van der Waals surface area (Å²) in [5.74, 6) is -1.01. The molecule has 0 atom stereocenters. The van der Waals surface area contributed by atoms with Crippen molar-refractivity contribution in [1.29, 1.82) is 0 Å². The summed E-state index contributed by atoms with van der Waals surface area (Å²) in [7, 11) is 1.54. The molecule has 2 amide bonds. The number of aromatic nitrogens is 1. The second-order valence-electron chi connectivity index (χ2n) is 5.61. The van der Waals surface area contributed by atoms with Gasteiger partial charge in [0.1, 0.15) is 11.5 Å². The summed E-state index contributed by atoms with van der Waals surface area (Å²) in [6.07, 6.45) is 0.0390. The number of rotatable bonds is 5. The number of carbonyl (C=O) groups is 2. The van der Waals surface area contributed by atoms with Crippen LogP contribution in [-0.2, 0) is 16.0 Å². The van der Waals surface area contributed by atoms with Gasteiger partial charge in [-0.05, 0) is 36.4 Å². The van der Waals surface area contributed by atoms with E-state index in [1.54, 1.807) is 6.07 Å². The Labute approximate surface area is 143 Å². The van der Waals surface area contributed by atoms with Crippen LogP contribution in [0.15, 0.2) is 53.1 Å². The third kappa shape index (κ3) is 4.00. The van der Waals surface area contributed by atoms with Gasteiger partial charge in [0.15, 0.2) is 5.58 Å². The highest BCUT2D eigenvalue weighted by atomic mass is 19.1. The zero-order valence-corrected chi connectivity index (χ0v) is 13.5. The van der Waals surface area contributed by atoms with Crippen LogP contribution in [0.5, 0.6) is 0 Å². The average Bonchev–Trinajstić information content (AvgIpc) is 3.00. The van der Waals surface area contributed by atoms with Crippen LogP contribution in [0.25, 0.3) is 11.0 Å². The number of likely N-dealkylation sites (N-methyl/N-ethyl adjacent to an activating group) is 1. The molecule has 0 unspecified atom stereocenters. The second kappa shape index (κ2) is 7.12. The highest BCUT2D eigenvalue weighted by molar-refractivity contribution is 5.95. The van der Waals surface area contributed by atoms with Gasteiger partial charge in [0.25, 0.3) is 0 Å². The van der Waals surface area contributed by atoms with E-state index in [0.717, 1.165) is 5.39 Å². The van der Waals surface area contributed by atoms with Crippen molar-refractivity contribution < 1.29 is 18.5 Å². The van der Waals surface area contributed by atoms with Crippen LogP contribution >= 0.6 is 0 Å². The quantitative estimate of drug-likeness (QED) is 0.774. The van der Waals surface area contributed by atoms with Gasteiger partial charge in [0.2, 0.25) is 11.8 Å². The van der Waals surface area contributed by atoms with Crippen molar-refractivity contribution in [2.75, 3.05) is 18.9 Å². The Balaban J connectivity index is 1.58. The number of hydrogen-bond donors (Lipinski definition) is 1. The van der Waals surface area contributed by atoms with Gasteiger partial charge in [-0.3, -0.25) is 9.59 Å². The van der Waals surface area contributed by atoms with Gasteiger partial charge in [0.05, 0.1) is 13.0 Å². The summed E-state index contributed by atoms with van der Waals surface area (Å²) >= 11 is 0. The van der Waals surface area contributed by atoms with Crippen LogP contribution < -0.4 is 5.32 Å². The fourth-order valence-corrected chi connectivity index (χ4v) is 2.38. The Morgan fingerprint density at radius 3 is 2.64 bits per heavy atom. The van der Waals surface area contributed by atoms with E-state index in [2.05, 4.69) is 10.5 Å². The fraction of sp³-hybridized carbons (Fsp3) is 0.167. The minimum Gasteiger partial charge on any atom is -0.356 e. The summed E-state index contributed by atoms with van der Waals surface area (Å²) in [6.45, 7) is -0.119. The zero-order chi connectivity index (χ0) is 17.8. The molecule has 0 aliphatic carbocycles. The fourth-order valence-electron chi connectivity index (χ4n) is 2.38. The van der Waals surface area contributed by atoms with E-state index in [4.69, 9.17) is 4.52 Å². The predicted molar refractivity (Wildman–Crippen MR) is 90.4 cm³/mol. The molecule has 0 radical (unpaired) electrons. The molecule has 1 N–H and O–H groups in total. The van der Waals surface area contributed by atoms with Gasteiger partial charge >= 0.3 is 0 Å². The molecule has 6 nitrogen and oxygen atoms in total.